The Labute approximate surface area is 138 Å². The molecular formula is C17H19BrN2O2. The molecule has 5 heteroatoms. The number of aryl methyl sites for hydroxylation is 1. The van der Waals surface area contributed by atoms with Crippen molar-refractivity contribution in [2.24, 2.45) is 0 Å². The van der Waals surface area contributed by atoms with E-state index in [1.54, 1.807) is 13.8 Å². The first-order valence-corrected chi connectivity index (χ1v) is 7.87. The van der Waals surface area contributed by atoms with Crippen molar-refractivity contribution in [3.8, 4) is 0 Å². The molecular weight excluding hydrogens is 344 g/mol. The highest BCUT2D eigenvalue weighted by Gasteiger charge is 2.21. The number of H-pyrrole nitrogens is 1. The summed E-state index contributed by atoms with van der Waals surface area (Å²) in [6.45, 7) is 7.03. The van der Waals surface area contributed by atoms with Crippen molar-refractivity contribution in [3.05, 3.63) is 56.8 Å². The van der Waals surface area contributed by atoms with Crippen molar-refractivity contribution in [2.75, 3.05) is 0 Å². The van der Waals surface area contributed by atoms with Crippen LogP contribution in [0.1, 0.15) is 57.6 Å². The molecule has 1 aromatic carbocycles. The van der Waals surface area contributed by atoms with Crippen LogP contribution in [0.4, 0.5) is 0 Å². The molecule has 0 saturated carbocycles. The number of aromatic nitrogens is 1. The molecule has 1 aromatic heterocycles. The number of hydrogen-bond donors (Lipinski definition) is 2. The first-order valence-electron chi connectivity index (χ1n) is 7.07. The summed E-state index contributed by atoms with van der Waals surface area (Å²) in [6, 6.07) is 7.68. The van der Waals surface area contributed by atoms with Gasteiger partial charge in [0, 0.05) is 15.7 Å². The van der Waals surface area contributed by atoms with E-state index in [0.29, 0.717) is 16.8 Å². The number of nitrogens with one attached hydrogen (secondary N) is 2. The fraction of sp³-hybridized carbons (Fsp3) is 0.294. The second-order valence-electron chi connectivity index (χ2n) is 5.43. The molecule has 0 fully saturated rings. The topological polar surface area (TPSA) is 62.0 Å². The van der Waals surface area contributed by atoms with E-state index < -0.39 is 0 Å². The second-order valence-corrected chi connectivity index (χ2v) is 6.34. The summed E-state index contributed by atoms with van der Waals surface area (Å²) >= 11 is 3.39. The molecule has 116 valence electrons. The molecule has 0 aliphatic heterocycles. The van der Waals surface area contributed by atoms with Crippen LogP contribution in [0.3, 0.4) is 0 Å². The Morgan fingerprint density at radius 1 is 1.18 bits per heavy atom. The van der Waals surface area contributed by atoms with E-state index >= 15 is 0 Å². The molecule has 2 N–H and O–H groups in total. The molecule has 0 aliphatic rings. The van der Waals surface area contributed by atoms with Crippen molar-refractivity contribution in [3.63, 3.8) is 0 Å². The van der Waals surface area contributed by atoms with Crippen LogP contribution in [0.15, 0.2) is 28.7 Å². The largest absolute Gasteiger partial charge is 0.354 e. The number of ketones is 1. The minimum absolute atomic E-state index is 0.0359. The zero-order valence-corrected chi connectivity index (χ0v) is 14.7. The predicted molar refractivity (Wildman–Crippen MR) is 90.3 cm³/mol. The highest BCUT2D eigenvalue weighted by Crippen LogP contribution is 2.20. The van der Waals surface area contributed by atoms with Crippen LogP contribution < -0.4 is 5.32 Å². The van der Waals surface area contributed by atoms with Gasteiger partial charge in [-0.3, -0.25) is 9.59 Å². The zero-order valence-electron chi connectivity index (χ0n) is 13.1. The number of Topliss-reactive ketones (excluding diaryl/α,β-unsaturated/α-hetero) is 1. The molecule has 0 aliphatic carbocycles. The lowest BCUT2D eigenvalue weighted by Crippen LogP contribution is -2.27. The molecule has 0 radical (unpaired) electrons. The quantitative estimate of drug-likeness (QED) is 0.804. The standard InChI is InChI=1S/C17H19BrN2O2/c1-9-15(12(4)21)11(3)19-16(9)17(22)20-10(2)13-5-7-14(18)8-6-13/h5-8,10,19H,1-4H3,(H,20,22). The van der Waals surface area contributed by atoms with E-state index in [2.05, 4.69) is 26.2 Å². The second kappa shape index (κ2) is 6.48. The summed E-state index contributed by atoms with van der Waals surface area (Å²) in [6.07, 6.45) is 0. The first kappa shape index (κ1) is 16.5. The van der Waals surface area contributed by atoms with Gasteiger partial charge in [0.15, 0.2) is 5.78 Å². The van der Waals surface area contributed by atoms with Crippen molar-refractivity contribution >= 4 is 27.6 Å². The van der Waals surface area contributed by atoms with E-state index in [0.717, 1.165) is 15.7 Å². The van der Waals surface area contributed by atoms with Gasteiger partial charge in [-0.1, -0.05) is 28.1 Å². The molecule has 1 heterocycles. The minimum Gasteiger partial charge on any atom is -0.354 e. The Balaban J connectivity index is 2.21. The van der Waals surface area contributed by atoms with Gasteiger partial charge in [0.2, 0.25) is 0 Å². The number of rotatable bonds is 4. The van der Waals surface area contributed by atoms with Gasteiger partial charge in [0.05, 0.1) is 6.04 Å². The van der Waals surface area contributed by atoms with Crippen molar-refractivity contribution in [1.29, 1.82) is 0 Å². The maximum Gasteiger partial charge on any atom is 0.268 e. The number of aromatic amines is 1. The molecule has 0 saturated heterocycles. The van der Waals surface area contributed by atoms with Crippen LogP contribution in [0.2, 0.25) is 0 Å². The molecule has 2 rings (SSSR count). The van der Waals surface area contributed by atoms with Crippen LogP contribution in [0.25, 0.3) is 0 Å². The van der Waals surface area contributed by atoms with Crippen LogP contribution >= 0.6 is 15.9 Å². The van der Waals surface area contributed by atoms with Gasteiger partial charge in [0.25, 0.3) is 5.91 Å². The third kappa shape index (κ3) is 3.30. The van der Waals surface area contributed by atoms with Gasteiger partial charge in [-0.15, -0.1) is 0 Å². The first-order chi connectivity index (χ1) is 10.3. The minimum atomic E-state index is -0.205. The summed E-state index contributed by atoms with van der Waals surface area (Å²) in [7, 11) is 0. The Morgan fingerprint density at radius 3 is 2.27 bits per heavy atom. The number of benzene rings is 1. The maximum absolute atomic E-state index is 12.4. The van der Waals surface area contributed by atoms with Gasteiger partial charge in [0.1, 0.15) is 5.69 Å². The molecule has 1 atom stereocenters. The smallest absolute Gasteiger partial charge is 0.268 e. The molecule has 0 spiro atoms. The SMILES string of the molecule is CC(=O)c1c(C)[nH]c(C(=O)NC(C)c2ccc(Br)cc2)c1C. The predicted octanol–water partition coefficient (Wildman–Crippen LogP) is 4.09. The summed E-state index contributed by atoms with van der Waals surface area (Å²) in [5.74, 6) is -0.241. The van der Waals surface area contributed by atoms with Crippen molar-refractivity contribution < 1.29 is 9.59 Å². The molecule has 1 unspecified atom stereocenters. The Bertz CT molecular complexity index is 717. The van der Waals surface area contributed by atoms with Crippen LogP contribution in [0.5, 0.6) is 0 Å². The number of amides is 1. The van der Waals surface area contributed by atoms with Crippen LogP contribution in [-0.4, -0.2) is 16.7 Å². The number of hydrogen-bond acceptors (Lipinski definition) is 2. The average Bonchev–Trinajstić information content (AvgIpc) is 2.74. The molecule has 2 aromatic rings. The van der Waals surface area contributed by atoms with Crippen molar-refractivity contribution in [1.82, 2.24) is 10.3 Å². The number of carbonyl (C=O) groups excluding carboxylic acids is 2. The lowest BCUT2D eigenvalue weighted by atomic mass is 10.1. The van der Waals surface area contributed by atoms with E-state index in [1.165, 1.54) is 6.92 Å². The fourth-order valence-corrected chi connectivity index (χ4v) is 2.87. The Hall–Kier alpha value is -1.88. The van der Waals surface area contributed by atoms with Crippen LogP contribution in [0, 0.1) is 13.8 Å². The summed E-state index contributed by atoms with van der Waals surface area (Å²) in [5, 5.41) is 2.96. The summed E-state index contributed by atoms with van der Waals surface area (Å²) < 4.78 is 0.997. The monoisotopic (exact) mass is 362 g/mol. The molecule has 22 heavy (non-hydrogen) atoms. The number of carbonyl (C=O) groups is 2. The van der Waals surface area contributed by atoms with E-state index in [1.807, 2.05) is 31.2 Å². The lowest BCUT2D eigenvalue weighted by molar-refractivity contribution is 0.0934. The van der Waals surface area contributed by atoms with Gasteiger partial charge < -0.3 is 10.3 Å². The molecule has 0 bridgehead atoms. The zero-order chi connectivity index (χ0) is 16.4. The maximum atomic E-state index is 12.4. The highest BCUT2D eigenvalue weighted by molar-refractivity contribution is 9.10. The summed E-state index contributed by atoms with van der Waals surface area (Å²) in [5.41, 5.74) is 3.49. The van der Waals surface area contributed by atoms with Gasteiger partial charge in [-0.05, 0) is 51.0 Å². The van der Waals surface area contributed by atoms with E-state index in [9.17, 15) is 9.59 Å². The Morgan fingerprint density at radius 2 is 1.77 bits per heavy atom. The lowest BCUT2D eigenvalue weighted by Gasteiger charge is -2.14. The number of halogens is 1. The summed E-state index contributed by atoms with van der Waals surface area (Å²) in [4.78, 5) is 27.1. The Kier molecular flexibility index (Phi) is 4.86. The molecule has 1 amide bonds. The fourth-order valence-electron chi connectivity index (χ4n) is 2.61. The third-order valence-corrected chi connectivity index (χ3v) is 4.26. The van der Waals surface area contributed by atoms with Gasteiger partial charge >= 0.3 is 0 Å². The van der Waals surface area contributed by atoms with Gasteiger partial charge in [-0.25, -0.2) is 0 Å². The molecule has 4 nitrogen and oxygen atoms in total. The average molecular weight is 363 g/mol. The highest BCUT2D eigenvalue weighted by atomic mass is 79.9. The van der Waals surface area contributed by atoms with Crippen LogP contribution in [-0.2, 0) is 0 Å². The van der Waals surface area contributed by atoms with E-state index in [-0.39, 0.29) is 17.7 Å². The van der Waals surface area contributed by atoms with E-state index in [4.69, 9.17) is 0 Å². The third-order valence-electron chi connectivity index (χ3n) is 3.73. The van der Waals surface area contributed by atoms with Crippen molar-refractivity contribution in [2.45, 2.75) is 33.7 Å². The van der Waals surface area contributed by atoms with Gasteiger partial charge in [-0.2, -0.15) is 0 Å². The normalized spacial score (nSPS) is 12.0.